The van der Waals surface area contributed by atoms with E-state index < -0.39 is 100 Å². The number of carbonyl (C=O) groups is 1. The first kappa shape index (κ1) is 35.5. The number of para-hydroxylation sites is 1. The second-order valence-electron chi connectivity index (χ2n) is 11.2. The van der Waals surface area contributed by atoms with Gasteiger partial charge in [0.2, 0.25) is 0 Å². The maximum absolute atomic E-state index is 13.1. The van der Waals surface area contributed by atoms with Crippen molar-refractivity contribution in [1.29, 1.82) is 0 Å². The molecular formula is C28H44O15. The number of hydrogen-bond acceptors (Lipinski definition) is 15. The van der Waals surface area contributed by atoms with Gasteiger partial charge in [0.15, 0.2) is 18.7 Å². The van der Waals surface area contributed by atoms with Crippen molar-refractivity contribution < 1.29 is 74.1 Å². The zero-order valence-corrected chi connectivity index (χ0v) is 24.5. The van der Waals surface area contributed by atoms with Gasteiger partial charge in [-0.2, -0.15) is 0 Å². The third-order valence-electron chi connectivity index (χ3n) is 7.36. The Morgan fingerprint density at radius 3 is 1.51 bits per heavy atom. The Bertz CT molecular complexity index is 952. The smallest absolute Gasteiger partial charge is 0.426 e. The summed E-state index contributed by atoms with van der Waals surface area (Å²) in [5, 5.41) is 79.7. The van der Waals surface area contributed by atoms with Crippen LogP contribution in [0, 0.1) is 0 Å². The Balaban J connectivity index is 1.77. The first-order valence-corrected chi connectivity index (χ1v) is 14.2. The summed E-state index contributed by atoms with van der Waals surface area (Å²) >= 11 is 0. The quantitative estimate of drug-likeness (QED) is 0.0976. The number of rotatable bonds is 12. The normalized spacial score (nSPS) is 33.9. The second-order valence-corrected chi connectivity index (χ2v) is 11.2. The average Bonchev–Trinajstić information content (AvgIpc) is 2.97. The molecular weight excluding hydrogens is 576 g/mol. The van der Waals surface area contributed by atoms with Gasteiger partial charge in [-0.05, 0) is 23.0 Å². The van der Waals surface area contributed by atoms with Crippen LogP contribution < -0.4 is 4.74 Å². The van der Waals surface area contributed by atoms with Crippen molar-refractivity contribution in [3.05, 3.63) is 29.3 Å². The van der Waals surface area contributed by atoms with Crippen LogP contribution in [0.3, 0.4) is 0 Å². The van der Waals surface area contributed by atoms with Gasteiger partial charge in [0.05, 0.1) is 26.4 Å². The number of benzene rings is 1. The monoisotopic (exact) mass is 620 g/mol. The highest BCUT2D eigenvalue weighted by Crippen LogP contribution is 2.35. The molecule has 1 aromatic carbocycles. The van der Waals surface area contributed by atoms with Crippen LogP contribution in [0.15, 0.2) is 18.2 Å². The molecule has 0 bridgehead atoms. The molecule has 15 heteroatoms. The maximum Gasteiger partial charge on any atom is 0.514 e. The average molecular weight is 621 g/mol. The Labute approximate surface area is 249 Å². The van der Waals surface area contributed by atoms with E-state index in [-0.39, 0.29) is 11.8 Å². The highest BCUT2D eigenvalue weighted by molar-refractivity contribution is 5.66. The topological polar surface area (TPSA) is 234 Å². The summed E-state index contributed by atoms with van der Waals surface area (Å²) < 4.78 is 32.8. The van der Waals surface area contributed by atoms with Crippen LogP contribution in [0.1, 0.15) is 50.7 Å². The predicted octanol–water partition coefficient (Wildman–Crippen LogP) is -1.55. The summed E-state index contributed by atoms with van der Waals surface area (Å²) in [5.74, 6) is 0.323. The number of hydrogen-bond donors (Lipinski definition) is 8. The van der Waals surface area contributed by atoms with E-state index in [0.29, 0.717) is 5.75 Å². The lowest BCUT2D eigenvalue weighted by Crippen LogP contribution is -2.60. The number of carbonyl (C=O) groups excluding carboxylic acids is 1. The molecule has 8 N–H and O–H groups in total. The molecule has 2 aliphatic heterocycles. The van der Waals surface area contributed by atoms with Crippen LogP contribution in [-0.2, 0) is 23.7 Å². The molecule has 2 saturated heterocycles. The van der Waals surface area contributed by atoms with Crippen LogP contribution in [0.25, 0.3) is 0 Å². The van der Waals surface area contributed by atoms with Crippen molar-refractivity contribution >= 4 is 6.16 Å². The maximum atomic E-state index is 13.1. The van der Waals surface area contributed by atoms with Gasteiger partial charge in [0.25, 0.3) is 0 Å². The summed E-state index contributed by atoms with van der Waals surface area (Å²) in [5.41, 5.74) is 1.52. The summed E-state index contributed by atoms with van der Waals surface area (Å²) in [6.07, 6.45) is -18.2. The zero-order chi connectivity index (χ0) is 32.0. The minimum Gasteiger partial charge on any atom is -0.426 e. The van der Waals surface area contributed by atoms with Crippen molar-refractivity contribution in [2.45, 2.75) is 107 Å². The molecule has 15 nitrogen and oxygen atoms in total. The zero-order valence-electron chi connectivity index (χ0n) is 24.5. The third kappa shape index (κ3) is 8.59. The van der Waals surface area contributed by atoms with Crippen LogP contribution in [-0.4, -0.2) is 141 Å². The lowest BCUT2D eigenvalue weighted by Gasteiger charge is -2.40. The largest absolute Gasteiger partial charge is 0.514 e. The van der Waals surface area contributed by atoms with Gasteiger partial charge in [-0.3, -0.25) is 0 Å². The van der Waals surface area contributed by atoms with Gasteiger partial charge < -0.3 is 69.3 Å². The van der Waals surface area contributed by atoms with E-state index in [9.17, 15) is 45.6 Å². The van der Waals surface area contributed by atoms with E-state index >= 15 is 0 Å². The van der Waals surface area contributed by atoms with Crippen LogP contribution in [0.4, 0.5) is 4.79 Å². The standard InChI is InChI=1S/C28H44O15/c1-12(2)15-6-5-7-16(13(3)4)25(15)43-28(37)40-14(10-38-26-23(35)21(33)19(31)17(8-29)41-26)11-39-27-24(36)22(34)20(32)18(9-30)42-27/h5-7,12-14,17-24,26-27,29-36H,8-11H2,1-4H3/t14?,17?,18?,19?,20?,21-,22?,23?,24?,26?,27?/m0/s1. The van der Waals surface area contributed by atoms with Gasteiger partial charge in [-0.15, -0.1) is 0 Å². The van der Waals surface area contributed by atoms with E-state index in [1.54, 1.807) is 0 Å². The lowest BCUT2D eigenvalue weighted by molar-refractivity contribution is -0.314. The minimum absolute atomic E-state index is 0.00124. The molecule has 0 spiro atoms. The molecule has 2 aliphatic rings. The van der Waals surface area contributed by atoms with Crippen molar-refractivity contribution in [1.82, 2.24) is 0 Å². The summed E-state index contributed by atoms with van der Waals surface area (Å²) in [4.78, 5) is 13.1. The van der Waals surface area contributed by atoms with Gasteiger partial charge in [-0.25, -0.2) is 4.79 Å². The summed E-state index contributed by atoms with van der Waals surface area (Å²) in [6, 6.07) is 5.50. The summed E-state index contributed by atoms with van der Waals surface area (Å²) in [6.45, 7) is 5.27. The second kappa shape index (κ2) is 15.8. The molecule has 1 aromatic rings. The first-order chi connectivity index (χ1) is 20.3. The van der Waals surface area contributed by atoms with E-state index in [4.69, 9.17) is 28.4 Å². The van der Waals surface area contributed by atoms with Gasteiger partial charge in [0, 0.05) is 0 Å². The minimum atomic E-state index is -1.73. The molecule has 2 heterocycles. The van der Waals surface area contributed by atoms with E-state index in [2.05, 4.69) is 0 Å². The van der Waals surface area contributed by atoms with Gasteiger partial charge in [-0.1, -0.05) is 45.9 Å². The number of aliphatic hydroxyl groups is 8. The molecule has 0 radical (unpaired) electrons. The van der Waals surface area contributed by atoms with Crippen LogP contribution >= 0.6 is 0 Å². The van der Waals surface area contributed by atoms with Crippen molar-refractivity contribution in [2.75, 3.05) is 26.4 Å². The Kier molecular flexibility index (Phi) is 13.1. The highest BCUT2D eigenvalue weighted by atomic mass is 16.8. The molecule has 0 aliphatic carbocycles. The molecule has 0 aromatic heterocycles. The molecule has 10 unspecified atom stereocenters. The number of ether oxygens (including phenoxy) is 6. The fourth-order valence-corrected chi connectivity index (χ4v) is 4.77. The lowest BCUT2D eigenvalue weighted by atomic mass is 9.94. The van der Waals surface area contributed by atoms with Crippen LogP contribution in [0.2, 0.25) is 0 Å². The Morgan fingerprint density at radius 1 is 0.721 bits per heavy atom. The predicted molar refractivity (Wildman–Crippen MR) is 145 cm³/mol. The van der Waals surface area contributed by atoms with E-state index in [0.717, 1.165) is 11.1 Å². The Morgan fingerprint density at radius 2 is 1.14 bits per heavy atom. The fourth-order valence-electron chi connectivity index (χ4n) is 4.77. The first-order valence-electron chi connectivity index (χ1n) is 14.2. The molecule has 3 rings (SSSR count). The van der Waals surface area contributed by atoms with Crippen LogP contribution in [0.5, 0.6) is 5.75 Å². The van der Waals surface area contributed by atoms with Crippen molar-refractivity contribution in [2.24, 2.45) is 0 Å². The molecule has 2 fully saturated rings. The van der Waals surface area contributed by atoms with E-state index in [1.165, 1.54) is 0 Å². The van der Waals surface area contributed by atoms with Gasteiger partial charge in [0.1, 0.15) is 54.6 Å². The fraction of sp³-hybridized carbons (Fsp3) is 0.750. The molecule has 246 valence electrons. The van der Waals surface area contributed by atoms with Gasteiger partial charge >= 0.3 is 6.16 Å². The molecule has 0 amide bonds. The highest BCUT2D eigenvalue weighted by Gasteiger charge is 2.46. The Hall–Kier alpha value is -1.99. The molecule has 43 heavy (non-hydrogen) atoms. The number of aliphatic hydroxyl groups excluding tert-OH is 8. The third-order valence-corrected chi connectivity index (χ3v) is 7.36. The molecule has 11 atom stereocenters. The SMILES string of the molecule is CC(C)c1cccc(C(C)C)c1OC(=O)OC(COC1OC(CO)C(O)C(O)C1O)COC1OC(CO)C(O)[C@H](O)C1O. The van der Waals surface area contributed by atoms with Crippen molar-refractivity contribution in [3.63, 3.8) is 0 Å². The van der Waals surface area contributed by atoms with E-state index in [1.807, 2.05) is 45.9 Å². The summed E-state index contributed by atoms with van der Waals surface area (Å²) in [7, 11) is 0. The molecule has 0 saturated carbocycles. The van der Waals surface area contributed by atoms with Crippen molar-refractivity contribution in [3.8, 4) is 5.75 Å².